The number of nitrogens with one attached hydrogen (secondary N) is 1. The monoisotopic (exact) mass is 413 g/mol. The number of ether oxygens (including phenoxy) is 1. The van der Waals surface area contributed by atoms with Crippen LogP contribution in [0.4, 0.5) is 5.69 Å². The lowest BCUT2D eigenvalue weighted by Gasteiger charge is -2.33. The third kappa shape index (κ3) is 5.98. The first-order chi connectivity index (χ1) is 14.8. The predicted octanol–water partition coefficient (Wildman–Crippen LogP) is 4.22. The van der Waals surface area contributed by atoms with Gasteiger partial charge in [0.05, 0.1) is 12.6 Å². The summed E-state index contributed by atoms with van der Waals surface area (Å²) in [7, 11) is 0. The summed E-state index contributed by atoms with van der Waals surface area (Å²) in [5.41, 5.74) is 1.02. The van der Waals surface area contributed by atoms with Crippen molar-refractivity contribution in [2.75, 3.05) is 44.2 Å². The summed E-state index contributed by atoms with van der Waals surface area (Å²) in [4.78, 5) is 17.2. The summed E-state index contributed by atoms with van der Waals surface area (Å²) in [6, 6.07) is 8.52. The minimum absolute atomic E-state index is 0.266. The zero-order valence-corrected chi connectivity index (χ0v) is 18.5. The number of likely N-dealkylation sites (tertiary alicyclic amines) is 1. The number of carbonyl (C=O) groups is 1. The highest BCUT2D eigenvalue weighted by atomic mass is 16.5. The lowest BCUT2D eigenvalue weighted by atomic mass is 9.98. The number of benzene rings is 1. The van der Waals surface area contributed by atoms with Gasteiger partial charge < -0.3 is 19.9 Å². The molecule has 0 aromatic heterocycles. The van der Waals surface area contributed by atoms with Gasteiger partial charge in [0, 0.05) is 18.7 Å². The number of nitrogens with zero attached hydrogens (tertiary/aromatic N) is 2. The second kappa shape index (κ2) is 11.1. The Balaban J connectivity index is 1.25. The Bertz CT molecular complexity index is 649. The van der Waals surface area contributed by atoms with Gasteiger partial charge in [-0.1, -0.05) is 12.8 Å². The van der Waals surface area contributed by atoms with Crippen LogP contribution in [0.2, 0.25) is 0 Å². The molecule has 0 aliphatic carbocycles. The average Bonchev–Trinajstić information content (AvgIpc) is 2.97. The zero-order valence-electron chi connectivity index (χ0n) is 18.5. The molecule has 3 saturated heterocycles. The minimum Gasteiger partial charge on any atom is -0.494 e. The summed E-state index contributed by atoms with van der Waals surface area (Å²) < 4.78 is 5.99. The van der Waals surface area contributed by atoms with Crippen LogP contribution in [0.5, 0.6) is 5.75 Å². The number of hydrogen-bond acceptors (Lipinski definition) is 4. The predicted molar refractivity (Wildman–Crippen MR) is 122 cm³/mol. The summed E-state index contributed by atoms with van der Waals surface area (Å²) >= 11 is 0. The summed E-state index contributed by atoms with van der Waals surface area (Å²) in [5, 5.41) is 3.55. The molecule has 0 radical (unpaired) electrons. The minimum atomic E-state index is 0.266. The standard InChI is InChI=1S/C25H39N3O2/c29-25-14-11-23(20-27-16-4-1-5-17-27)28(25)22-9-12-24(13-10-22)30-18-6-8-21-7-2-3-15-26-19-21/h9-10,12-13,21,23,26H,1-8,11,14-20H2. The zero-order chi connectivity index (χ0) is 20.6. The van der Waals surface area contributed by atoms with Crippen molar-refractivity contribution < 1.29 is 9.53 Å². The van der Waals surface area contributed by atoms with E-state index in [9.17, 15) is 4.79 Å². The van der Waals surface area contributed by atoms with Crippen LogP contribution in [0.1, 0.15) is 64.2 Å². The Hall–Kier alpha value is -1.59. The number of rotatable bonds is 8. The fourth-order valence-electron chi connectivity index (χ4n) is 5.31. The van der Waals surface area contributed by atoms with E-state index in [1.807, 2.05) is 17.0 Å². The van der Waals surface area contributed by atoms with Gasteiger partial charge in [-0.2, -0.15) is 0 Å². The van der Waals surface area contributed by atoms with Gasteiger partial charge in [0.15, 0.2) is 0 Å². The Labute approximate surface area is 182 Å². The van der Waals surface area contributed by atoms with Crippen molar-refractivity contribution in [3.05, 3.63) is 24.3 Å². The third-order valence-corrected chi connectivity index (χ3v) is 7.03. The van der Waals surface area contributed by atoms with E-state index < -0.39 is 0 Å². The van der Waals surface area contributed by atoms with Crippen molar-refractivity contribution in [2.24, 2.45) is 5.92 Å². The molecular formula is C25H39N3O2. The molecule has 1 aromatic carbocycles. The van der Waals surface area contributed by atoms with E-state index in [0.29, 0.717) is 12.5 Å². The summed E-state index contributed by atoms with van der Waals surface area (Å²) in [6.45, 7) is 6.50. The highest BCUT2D eigenvalue weighted by Crippen LogP contribution is 2.29. The fraction of sp³-hybridized carbons (Fsp3) is 0.720. The molecule has 5 heteroatoms. The largest absolute Gasteiger partial charge is 0.494 e. The molecule has 0 spiro atoms. The number of carbonyl (C=O) groups excluding carboxylic acids is 1. The van der Waals surface area contributed by atoms with Gasteiger partial charge in [0.1, 0.15) is 5.75 Å². The van der Waals surface area contributed by atoms with Crippen LogP contribution in [0.15, 0.2) is 24.3 Å². The lowest BCUT2D eigenvalue weighted by Crippen LogP contribution is -2.43. The maximum atomic E-state index is 12.6. The molecule has 0 saturated carbocycles. The third-order valence-electron chi connectivity index (χ3n) is 7.03. The van der Waals surface area contributed by atoms with Crippen LogP contribution >= 0.6 is 0 Å². The molecule has 1 amide bonds. The first-order valence-electron chi connectivity index (χ1n) is 12.3. The highest BCUT2D eigenvalue weighted by molar-refractivity contribution is 5.96. The van der Waals surface area contributed by atoms with Gasteiger partial charge in [-0.3, -0.25) is 4.79 Å². The Kier molecular flexibility index (Phi) is 8.04. The van der Waals surface area contributed by atoms with Crippen LogP contribution in [-0.4, -0.2) is 56.2 Å². The molecular weight excluding hydrogens is 374 g/mol. The molecule has 30 heavy (non-hydrogen) atoms. The van der Waals surface area contributed by atoms with Crippen molar-refractivity contribution >= 4 is 11.6 Å². The van der Waals surface area contributed by atoms with E-state index >= 15 is 0 Å². The van der Waals surface area contributed by atoms with E-state index in [1.54, 1.807) is 0 Å². The Morgan fingerprint density at radius 3 is 2.67 bits per heavy atom. The molecule has 2 atom stereocenters. The van der Waals surface area contributed by atoms with Crippen molar-refractivity contribution in [1.82, 2.24) is 10.2 Å². The quantitative estimate of drug-likeness (QED) is 0.648. The van der Waals surface area contributed by atoms with E-state index in [4.69, 9.17) is 4.74 Å². The maximum absolute atomic E-state index is 12.6. The van der Waals surface area contributed by atoms with Gasteiger partial charge in [0.2, 0.25) is 5.91 Å². The highest BCUT2D eigenvalue weighted by Gasteiger charge is 2.33. The molecule has 3 fully saturated rings. The molecule has 5 nitrogen and oxygen atoms in total. The number of hydrogen-bond donors (Lipinski definition) is 1. The summed E-state index contributed by atoms with van der Waals surface area (Å²) in [5.74, 6) is 1.98. The van der Waals surface area contributed by atoms with Crippen molar-refractivity contribution in [1.29, 1.82) is 0 Å². The second-order valence-corrected chi connectivity index (χ2v) is 9.37. The van der Waals surface area contributed by atoms with Crippen LogP contribution in [0, 0.1) is 5.92 Å². The van der Waals surface area contributed by atoms with Crippen molar-refractivity contribution in [3.63, 3.8) is 0 Å². The fourth-order valence-corrected chi connectivity index (χ4v) is 5.31. The molecule has 2 unspecified atom stereocenters. The van der Waals surface area contributed by atoms with Crippen LogP contribution < -0.4 is 15.0 Å². The van der Waals surface area contributed by atoms with Gasteiger partial charge in [-0.25, -0.2) is 0 Å². The number of anilines is 1. The first kappa shape index (κ1) is 21.6. The van der Waals surface area contributed by atoms with Crippen molar-refractivity contribution in [2.45, 2.75) is 70.3 Å². The molecule has 0 bridgehead atoms. The van der Waals surface area contributed by atoms with Crippen LogP contribution in [0.25, 0.3) is 0 Å². The van der Waals surface area contributed by atoms with Gasteiger partial charge >= 0.3 is 0 Å². The molecule has 4 rings (SSSR count). The summed E-state index contributed by atoms with van der Waals surface area (Å²) in [6.07, 6.45) is 12.0. The molecule has 3 aliphatic heterocycles. The van der Waals surface area contributed by atoms with E-state index in [-0.39, 0.29) is 5.91 Å². The average molecular weight is 414 g/mol. The lowest BCUT2D eigenvalue weighted by molar-refractivity contribution is -0.117. The van der Waals surface area contributed by atoms with Gasteiger partial charge in [-0.05, 0) is 101 Å². The topological polar surface area (TPSA) is 44.8 Å². The van der Waals surface area contributed by atoms with E-state index in [0.717, 1.165) is 49.9 Å². The van der Waals surface area contributed by atoms with Gasteiger partial charge in [0.25, 0.3) is 0 Å². The molecule has 1 aromatic rings. The smallest absolute Gasteiger partial charge is 0.227 e. The molecule has 3 aliphatic rings. The SMILES string of the molecule is O=C1CCC(CN2CCCCC2)N1c1ccc(OCCCC2CCCCNC2)cc1. The normalized spacial score (nSPS) is 26.0. The van der Waals surface area contributed by atoms with Crippen molar-refractivity contribution in [3.8, 4) is 5.75 Å². The number of amides is 1. The number of piperidine rings is 1. The maximum Gasteiger partial charge on any atom is 0.227 e. The van der Waals surface area contributed by atoms with E-state index in [2.05, 4.69) is 22.3 Å². The van der Waals surface area contributed by atoms with E-state index in [1.165, 1.54) is 64.6 Å². The molecule has 3 heterocycles. The van der Waals surface area contributed by atoms with Crippen LogP contribution in [-0.2, 0) is 4.79 Å². The molecule has 1 N–H and O–H groups in total. The Morgan fingerprint density at radius 2 is 1.83 bits per heavy atom. The first-order valence-corrected chi connectivity index (χ1v) is 12.3. The van der Waals surface area contributed by atoms with Crippen LogP contribution in [0.3, 0.4) is 0 Å². The molecule has 166 valence electrons. The van der Waals surface area contributed by atoms with Gasteiger partial charge in [-0.15, -0.1) is 0 Å². The second-order valence-electron chi connectivity index (χ2n) is 9.37. The Morgan fingerprint density at radius 1 is 1.00 bits per heavy atom.